The Kier molecular flexibility index (Phi) is 4.61. The minimum absolute atomic E-state index is 0.243. The van der Waals surface area contributed by atoms with Gasteiger partial charge in [-0.25, -0.2) is 4.79 Å². The molecule has 0 aliphatic carbocycles. The van der Waals surface area contributed by atoms with E-state index in [-0.39, 0.29) is 12.5 Å². The van der Waals surface area contributed by atoms with Gasteiger partial charge in [0.2, 0.25) is 0 Å². The summed E-state index contributed by atoms with van der Waals surface area (Å²) in [6.07, 6.45) is 1.60. The maximum absolute atomic E-state index is 12.2. The van der Waals surface area contributed by atoms with Crippen molar-refractivity contribution in [3.63, 3.8) is 0 Å². The van der Waals surface area contributed by atoms with Crippen LogP contribution in [-0.2, 0) is 16.1 Å². The third kappa shape index (κ3) is 3.46. The first-order valence-electron chi connectivity index (χ1n) is 7.66. The second-order valence-corrected chi connectivity index (χ2v) is 5.56. The van der Waals surface area contributed by atoms with Gasteiger partial charge in [-0.1, -0.05) is 48.5 Å². The van der Waals surface area contributed by atoms with Gasteiger partial charge in [-0.15, -0.1) is 0 Å². The summed E-state index contributed by atoms with van der Waals surface area (Å²) in [5, 5.41) is 0.785. The van der Waals surface area contributed by atoms with E-state index in [0.717, 1.165) is 16.5 Å². The number of fused-ring (bicyclic) bond motifs is 1. The topological polar surface area (TPSA) is 62.4 Å². The number of benzene rings is 2. The number of aromatic amines is 1. The molecule has 0 spiro atoms. The van der Waals surface area contributed by atoms with Gasteiger partial charge < -0.3 is 14.6 Å². The smallest absolute Gasteiger partial charge is 0.340 e. The van der Waals surface area contributed by atoms with Gasteiger partial charge >= 0.3 is 5.97 Å². The fraction of sp³-hybridized carbons (Fsp3) is 0.158. The van der Waals surface area contributed by atoms with E-state index in [1.54, 1.807) is 13.2 Å². The molecule has 122 valence electrons. The molecule has 0 aliphatic heterocycles. The second kappa shape index (κ2) is 7.00. The number of para-hydroxylation sites is 1. The molecule has 1 N–H and O–H groups in total. The summed E-state index contributed by atoms with van der Waals surface area (Å²) < 4.78 is 5.17. The fourth-order valence-electron chi connectivity index (χ4n) is 2.50. The summed E-state index contributed by atoms with van der Waals surface area (Å²) in [5.74, 6) is -0.749. The zero-order valence-electron chi connectivity index (χ0n) is 13.4. The molecule has 0 bridgehead atoms. The van der Waals surface area contributed by atoms with Crippen LogP contribution in [0.2, 0.25) is 0 Å². The average molecular weight is 322 g/mol. The summed E-state index contributed by atoms with van der Waals surface area (Å²) in [6, 6.07) is 17.1. The number of hydrogen-bond acceptors (Lipinski definition) is 3. The van der Waals surface area contributed by atoms with Crippen molar-refractivity contribution in [3.8, 4) is 0 Å². The van der Waals surface area contributed by atoms with E-state index < -0.39 is 5.97 Å². The molecule has 1 aromatic heterocycles. The summed E-state index contributed by atoms with van der Waals surface area (Å²) in [7, 11) is 1.69. The monoisotopic (exact) mass is 322 g/mol. The molecule has 24 heavy (non-hydrogen) atoms. The molecule has 1 heterocycles. The molecular weight excluding hydrogens is 304 g/mol. The van der Waals surface area contributed by atoms with Crippen LogP contribution in [0, 0.1) is 0 Å². The predicted octanol–water partition coefficient (Wildman–Crippen LogP) is 2.98. The minimum atomic E-state index is -0.506. The van der Waals surface area contributed by atoms with Crippen LogP contribution in [0.15, 0.2) is 60.8 Å². The third-order valence-corrected chi connectivity index (χ3v) is 3.82. The van der Waals surface area contributed by atoms with E-state index >= 15 is 0 Å². The lowest BCUT2D eigenvalue weighted by atomic mass is 10.2. The Labute approximate surface area is 139 Å². The van der Waals surface area contributed by atoms with E-state index in [1.807, 2.05) is 54.6 Å². The average Bonchev–Trinajstić information content (AvgIpc) is 3.04. The number of carbonyl (C=O) groups is 2. The number of esters is 1. The van der Waals surface area contributed by atoms with Crippen LogP contribution in [0.4, 0.5) is 0 Å². The van der Waals surface area contributed by atoms with Crippen LogP contribution in [-0.4, -0.2) is 35.4 Å². The SMILES string of the molecule is CN(Cc1ccccc1)C(=O)COC(=O)c1c[nH]c2ccccc12. The number of ether oxygens (including phenoxy) is 1. The van der Waals surface area contributed by atoms with Gasteiger partial charge in [0.1, 0.15) is 0 Å². The number of amides is 1. The number of aromatic nitrogens is 1. The summed E-state index contributed by atoms with van der Waals surface area (Å²) in [4.78, 5) is 28.9. The van der Waals surface area contributed by atoms with Crippen molar-refractivity contribution in [1.82, 2.24) is 9.88 Å². The zero-order chi connectivity index (χ0) is 16.9. The lowest BCUT2D eigenvalue weighted by Gasteiger charge is -2.17. The van der Waals surface area contributed by atoms with Gasteiger partial charge in [-0.3, -0.25) is 4.79 Å². The fourth-order valence-corrected chi connectivity index (χ4v) is 2.50. The van der Waals surface area contributed by atoms with E-state index in [1.165, 1.54) is 4.90 Å². The second-order valence-electron chi connectivity index (χ2n) is 5.56. The van der Waals surface area contributed by atoms with E-state index in [9.17, 15) is 9.59 Å². The first-order valence-corrected chi connectivity index (χ1v) is 7.66. The highest BCUT2D eigenvalue weighted by Gasteiger charge is 2.16. The van der Waals surface area contributed by atoms with Crippen LogP contribution in [0.3, 0.4) is 0 Å². The van der Waals surface area contributed by atoms with Crippen molar-refractivity contribution in [1.29, 1.82) is 0 Å². The molecule has 0 fully saturated rings. The van der Waals surface area contributed by atoms with E-state index in [4.69, 9.17) is 4.74 Å². The van der Waals surface area contributed by atoms with Crippen LogP contribution >= 0.6 is 0 Å². The number of nitrogens with zero attached hydrogens (tertiary/aromatic N) is 1. The molecule has 5 nitrogen and oxygen atoms in total. The first-order chi connectivity index (χ1) is 11.6. The molecule has 1 amide bonds. The normalized spacial score (nSPS) is 10.5. The summed E-state index contributed by atoms with van der Waals surface area (Å²) >= 11 is 0. The standard InChI is InChI=1S/C19H18N2O3/c1-21(12-14-7-3-2-4-8-14)18(22)13-24-19(23)16-11-20-17-10-6-5-9-15(16)17/h2-11,20H,12-13H2,1H3. The Morgan fingerprint density at radius 3 is 2.54 bits per heavy atom. The molecule has 0 aliphatic rings. The van der Waals surface area contributed by atoms with Crippen molar-refractivity contribution in [2.75, 3.05) is 13.7 Å². The van der Waals surface area contributed by atoms with Crippen LogP contribution in [0.5, 0.6) is 0 Å². The largest absolute Gasteiger partial charge is 0.452 e. The third-order valence-electron chi connectivity index (χ3n) is 3.82. The van der Waals surface area contributed by atoms with Crippen molar-refractivity contribution < 1.29 is 14.3 Å². The van der Waals surface area contributed by atoms with Gasteiger partial charge in [0, 0.05) is 30.7 Å². The van der Waals surface area contributed by atoms with Gasteiger partial charge in [-0.2, -0.15) is 0 Å². The summed E-state index contributed by atoms with van der Waals surface area (Å²) in [6.45, 7) is 0.200. The lowest BCUT2D eigenvalue weighted by molar-refractivity contribution is -0.133. The van der Waals surface area contributed by atoms with Gasteiger partial charge in [0.25, 0.3) is 5.91 Å². The van der Waals surface area contributed by atoms with Gasteiger partial charge in [-0.05, 0) is 11.6 Å². The lowest BCUT2D eigenvalue weighted by Crippen LogP contribution is -2.30. The van der Waals surface area contributed by atoms with Gasteiger partial charge in [0.15, 0.2) is 6.61 Å². The molecule has 0 unspecified atom stereocenters. The predicted molar refractivity (Wildman–Crippen MR) is 91.5 cm³/mol. The van der Waals surface area contributed by atoms with E-state index in [0.29, 0.717) is 12.1 Å². The molecule has 0 saturated carbocycles. The Morgan fingerprint density at radius 2 is 1.75 bits per heavy atom. The highest BCUT2D eigenvalue weighted by molar-refractivity contribution is 6.04. The number of likely N-dealkylation sites (N-methyl/N-ethyl adjacent to an activating group) is 1. The summed E-state index contributed by atoms with van der Waals surface area (Å²) in [5.41, 5.74) is 2.32. The van der Waals surface area contributed by atoms with Crippen LogP contribution in [0.25, 0.3) is 10.9 Å². The highest BCUT2D eigenvalue weighted by Crippen LogP contribution is 2.18. The van der Waals surface area contributed by atoms with Crippen molar-refractivity contribution in [3.05, 3.63) is 71.9 Å². The molecular formula is C19H18N2O3. The highest BCUT2D eigenvalue weighted by atomic mass is 16.5. The molecule has 0 radical (unpaired) electrons. The van der Waals surface area contributed by atoms with Crippen LogP contribution < -0.4 is 0 Å². The molecule has 3 rings (SSSR count). The molecule has 3 aromatic rings. The Balaban J connectivity index is 1.58. The zero-order valence-corrected chi connectivity index (χ0v) is 13.4. The quantitative estimate of drug-likeness (QED) is 0.735. The Bertz CT molecular complexity index is 855. The maximum atomic E-state index is 12.2. The molecule has 2 aromatic carbocycles. The first kappa shape index (κ1) is 15.8. The molecule has 5 heteroatoms. The maximum Gasteiger partial charge on any atom is 0.340 e. The van der Waals surface area contributed by atoms with Crippen molar-refractivity contribution in [2.45, 2.75) is 6.54 Å². The number of hydrogen-bond donors (Lipinski definition) is 1. The van der Waals surface area contributed by atoms with Crippen LogP contribution in [0.1, 0.15) is 15.9 Å². The van der Waals surface area contributed by atoms with E-state index in [2.05, 4.69) is 4.98 Å². The Morgan fingerprint density at radius 1 is 1.04 bits per heavy atom. The van der Waals surface area contributed by atoms with Crippen molar-refractivity contribution >= 4 is 22.8 Å². The minimum Gasteiger partial charge on any atom is -0.452 e. The number of H-pyrrole nitrogens is 1. The number of rotatable bonds is 5. The van der Waals surface area contributed by atoms with Crippen molar-refractivity contribution in [2.24, 2.45) is 0 Å². The molecule has 0 saturated heterocycles. The van der Waals surface area contributed by atoms with Gasteiger partial charge in [0.05, 0.1) is 5.56 Å². The molecule has 0 atom stereocenters. The Hall–Kier alpha value is -3.08. The number of carbonyl (C=O) groups excluding carboxylic acids is 2. The number of nitrogens with one attached hydrogen (secondary N) is 1.